The van der Waals surface area contributed by atoms with E-state index >= 15 is 0 Å². The zero-order chi connectivity index (χ0) is 22.0. The molecule has 0 aliphatic rings. The van der Waals surface area contributed by atoms with Crippen molar-refractivity contribution >= 4 is 0 Å². The van der Waals surface area contributed by atoms with Crippen molar-refractivity contribution in [3.05, 3.63) is 133 Å². The molecule has 4 heteroatoms. The third kappa shape index (κ3) is 6.54. The third-order valence-electron chi connectivity index (χ3n) is 4.71. The van der Waals surface area contributed by atoms with Gasteiger partial charge in [0.05, 0.1) is 0 Å². The van der Waals surface area contributed by atoms with Crippen LogP contribution in [0.1, 0.15) is 5.56 Å². The van der Waals surface area contributed by atoms with Crippen LogP contribution < -0.4 is 0 Å². The van der Waals surface area contributed by atoms with Gasteiger partial charge in [-0.15, -0.1) is 60.2 Å². The van der Waals surface area contributed by atoms with Crippen LogP contribution in [0.3, 0.4) is 0 Å². The summed E-state index contributed by atoms with van der Waals surface area (Å²) in [7, 11) is 0. The van der Waals surface area contributed by atoms with Gasteiger partial charge in [0.25, 0.3) is 0 Å². The zero-order valence-electron chi connectivity index (χ0n) is 17.6. The van der Waals surface area contributed by atoms with Gasteiger partial charge in [0.15, 0.2) is 0 Å². The number of nitrogens with zero attached hydrogens (tertiary/aromatic N) is 3. The first-order chi connectivity index (χ1) is 15.8. The van der Waals surface area contributed by atoms with Crippen molar-refractivity contribution in [2.24, 2.45) is 0 Å². The standard InChI is InChI=1S/C18H11N2.C11H8N.Ir/c19-13-14-5-4-8-17(11-14)18-12-16(9-10-20-18)15-6-2-1-3-7-15;1-2-6-10(7-3-1)11-8-4-5-9-12-11;/h1-10,12H;1-6,8-9H;/q2*-1;. The van der Waals surface area contributed by atoms with Crippen molar-refractivity contribution in [3.63, 3.8) is 0 Å². The molecule has 2 heterocycles. The van der Waals surface area contributed by atoms with Gasteiger partial charge in [-0.25, -0.2) is 5.26 Å². The maximum absolute atomic E-state index is 8.94. The van der Waals surface area contributed by atoms with Crippen LogP contribution >= 0.6 is 0 Å². The van der Waals surface area contributed by atoms with E-state index in [1.165, 1.54) is 0 Å². The van der Waals surface area contributed by atoms with E-state index in [-0.39, 0.29) is 20.1 Å². The fourth-order valence-corrected chi connectivity index (χ4v) is 3.15. The number of hydrogen-bond donors (Lipinski definition) is 0. The largest absolute Gasteiger partial charge is 0.305 e. The minimum atomic E-state index is 0. The molecule has 0 spiro atoms. The molecule has 0 atom stereocenters. The molecule has 5 aromatic rings. The minimum absolute atomic E-state index is 0. The summed E-state index contributed by atoms with van der Waals surface area (Å²) >= 11 is 0. The van der Waals surface area contributed by atoms with E-state index in [4.69, 9.17) is 5.26 Å². The number of rotatable bonds is 3. The smallest absolute Gasteiger partial charge is 0.0189 e. The summed E-state index contributed by atoms with van der Waals surface area (Å²) in [6.45, 7) is 0. The average molecular weight is 602 g/mol. The van der Waals surface area contributed by atoms with Gasteiger partial charge in [0.1, 0.15) is 0 Å². The second kappa shape index (κ2) is 12.2. The van der Waals surface area contributed by atoms with E-state index in [9.17, 15) is 0 Å². The van der Waals surface area contributed by atoms with Crippen LogP contribution in [-0.2, 0) is 20.1 Å². The van der Waals surface area contributed by atoms with Crippen LogP contribution in [0.2, 0.25) is 0 Å². The van der Waals surface area contributed by atoms with Gasteiger partial charge >= 0.3 is 0 Å². The Bertz CT molecular complexity index is 1280. The molecule has 0 fully saturated rings. The monoisotopic (exact) mass is 602 g/mol. The predicted molar refractivity (Wildman–Crippen MR) is 127 cm³/mol. The van der Waals surface area contributed by atoms with Crippen LogP contribution in [0.4, 0.5) is 0 Å². The fourth-order valence-electron chi connectivity index (χ4n) is 3.15. The maximum Gasteiger partial charge on any atom is 0.0189 e. The topological polar surface area (TPSA) is 49.6 Å². The summed E-state index contributed by atoms with van der Waals surface area (Å²) in [6.07, 6.45) is 3.57. The molecule has 0 saturated carbocycles. The maximum atomic E-state index is 8.94. The molecular formula is C29H19IrN3-2. The molecule has 0 saturated heterocycles. The van der Waals surface area contributed by atoms with Gasteiger partial charge in [-0.1, -0.05) is 59.7 Å². The van der Waals surface area contributed by atoms with Gasteiger partial charge in [0.2, 0.25) is 0 Å². The SMILES string of the molecule is N#Cc1[c-]c(-c2cc(-c3ccccc3)ccn2)ccc1.[Ir].[c-]1ccccc1-c1ccccn1. The molecule has 1 radical (unpaired) electrons. The van der Waals surface area contributed by atoms with Gasteiger partial charge < -0.3 is 4.98 Å². The molecular weight excluding hydrogens is 583 g/mol. The van der Waals surface area contributed by atoms with Crippen molar-refractivity contribution in [2.75, 3.05) is 0 Å². The quantitative estimate of drug-likeness (QED) is 0.218. The minimum Gasteiger partial charge on any atom is -0.305 e. The normalized spacial score (nSPS) is 9.55. The first kappa shape index (κ1) is 23.8. The molecule has 161 valence electrons. The van der Waals surface area contributed by atoms with Crippen molar-refractivity contribution in [2.45, 2.75) is 0 Å². The van der Waals surface area contributed by atoms with E-state index in [2.05, 4.69) is 40.3 Å². The van der Waals surface area contributed by atoms with Crippen molar-refractivity contribution < 1.29 is 20.1 Å². The van der Waals surface area contributed by atoms with Gasteiger partial charge in [0, 0.05) is 38.2 Å². The zero-order valence-corrected chi connectivity index (χ0v) is 20.0. The van der Waals surface area contributed by atoms with Gasteiger partial charge in [-0.3, -0.25) is 4.98 Å². The molecule has 0 aliphatic heterocycles. The summed E-state index contributed by atoms with van der Waals surface area (Å²) < 4.78 is 0. The van der Waals surface area contributed by atoms with Crippen LogP contribution in [0.15, 0.2) is 116 Å². The van der Waals surface area contributed by atoms with Crippen molar-refractivity contribution in [3.8, 4) is 39.7 Å². The van der Waals surface area contributed by atoms with Crippen molar-refractivity contribution in [1.82, 2.24) is 9.97 Å². The molecule has 0 unspecified atom stereocenters. The molecule has 33 heavy (non-hydrogen) atoms. The Morgan fingerprint density at radius 2 is 1.39 bits per heavy atom. The van der Waals surface area contributed by atoms with Crippen LogP contribution in [0, 0.1) is 23.5 Å². The summed E-state index contributed by atoms with van der Waals surface area (Å²) in [4.78, 5) is 8.59. The second-order valence-electron chi connectivity index (χ2n) is 6.88. The molecule has 0 bridgehead atoms. The average Bonchev–Trinajstić information content (AvgIpc) is 2.91. The van der Waals surface area contributed by atoms with Crippen LogP contribution in [-0.4, -0.2) is 9.97 Å². The molecule has 3 aromatic carbocycles. The van der Waals surface area contributed by atoms with Crippen LogP contribution in [0.5, 0.6) is 0 Å². The molecule has 3 nitrogen and oxygen atoms in total. The molecule has 0 N–H and O–H groups in total. The van der Waals surface area contributed by atoms with Crippen molar-refractivity contribution in [1.29, 1.82) is 5.26 Å². The van der Waals surface area contributed by atoms with Gasteiger partial charge in [-0.2, -0.15) is 0 Å². The Labute approximate surface area is 207 Å². The third-order valence-corrected chi connectivity index (χ3v) is 4.71. The second-order valence-corrected chi connectivity index (χ2v) is 6.88. The Morgan fingerprint density at radius 1 is 0.636 bits per heavy atom. The first-order valence-corrected chi connectivity index (χ1v) is 10.2. The Hall–Kier alpha value is -3.90. The number of benzene rings is 3. The molecule has 0 aliphatic carbocycles. The van der Waals surface area contributed by atoms with Crippen LogP contribution in [0.25, 0.3) is 33.6 Å². The van der Waals surface area contributed by atoms with E-state index in [0.29, 0.717) is 5.56 Å². The molecule has 5 rings (SSSR count). The number of pyridine rings is 2. The summed E-state index contributed by atoms with van der Waals surface area (Å²) in [6, 6.07) is 41.6. The molecule has 2 aromatic heterocycles. The number of aromatic nitrogens is 2. The predicted octanol–water partition coefficient (Wildman–Crippen LogP) is 6.63. The number of hydrogen-bond acceptors (Lipinski definition) is 3. The number of nitriles is 1. The summed E-state index contributed by atoms with van der Waals surface area (Å²) in [5.74, 6) is 0. The van der Waals surface area contributed by atoms with E-state index < -0.39 is 0 Å². The summed E-state index contributed by atoms with van der Waals surface area (Å²) in [5, 5.41) is 8.94. The Balaban J connectivity index is 0.000000202. The molecule has 0 amide bonds. The fraction of sp³-hybridized carbons (Fsp3) is 0. The van der Waals surface area contributed by atoms with Gasteiger partial charge in [-0.05, 0) is 35.0 Å². The van der Waals surface area contributed by atoms with E-state index in [1.807, 2.05) is 84.9 Å². The first-order valence-electron chi connectivity index (χ1n) is 10.2. The summed E-state index contributed by atoms with van der Waals surface area (Å²) in [5.41, 5.74) is 6.44. The Morgan fingerprint density at radius 3 is 2.12 bits per heavy atom. The van der Waals surface area contributed by atoms with E-state index in [0.717, 1.165) is 33.6 Å². The Kier molecular flexibility index (Phi) is 8.79. The van der Waals surface area contributed by atoms with E-state index in [1.54, 1.807) is 18.5 Å².